The second-order valence-corrected chi connectivity index (χ2v) is 8.86. The van der Waals surface area contributed by atoms with Crippen LogP contribution < -0.4 is 0 Å². The number of benzene rings is 1. The van der Waals surface area contributed by atoms with Gasteiger partial charge in [0, 0.05) is 37.1 Å². The Kier molecular flexibility index (Phi) is 5.20. The fourth-order valence-electron chi connectivity index (χ4n) is 2.99. The van der Waals surface area contributed by atoms with E-state index in [2.05, 4.69) is 4.98 Å². The zero-order valence-corrected chi connectivity index (χ0v) is 15.7. The zero-order chi connectivity index (χ0) is 17.3. The van der Waals surface area contributed by atoms with E-state index in [0.717, 1.165) is 19.4 Å². The van der Waals surface area contributed by atoms with Gasteiger partial charge in [-0.05, 0) is 43.4 Å². The van der Waals surface area contributed by atoms with E-state index in [4.69, 9.17) is 23.2 Å². The molecule has 0 spiro atoms. The Bertz CT molecular complexity index is 814. The number of imidazole rings is 1. The van der Waals surface area contributed by atoms with Crippen molar-refractivity contribution in [1.82, 2.24) is 13.9 Å². The Morgan fingerprint density at radius 1 is 1.21 bits per heavy atom. The van der Waals surface area contributed by atoms with Crippen molar-refractivity contribution in [2.75, 3.05) is 13.1 Å². The first-order valence-corrected chi connectivity index (χ1v) is 9.99. The molecule has 5 nitrogen and oxygen atoms in total. The maximum atomic E-state index is 12.9. The molecule has 0 saturated carbocycles. The molecule has 0 unspecified atom stereocenters. The number of rotatable bonds is 4. The molecule has 1 aliphatic heterocycles. The summed E-state index contributed by atoms with van der Waals surface area (Å²) in [7, 11) is -3.59. The molecule has 0 atom stereocenters. The van der Waals surface area contributed by atoms with Crippen molar-refractivity contribution in [3.05, 3.63) is 46.5 Å². The largest absolute Gasteiger partial charge is 0.337 e. The van der Waals surface area contributed by atoms with Gasteiger partial charge in [0.15, 0.2) is 0 Å². The molecule has 1 aromatic carbocycles. The lowest BCUT2D eigenvalue weighted by Crippen LogP contribution is -2.39. The van der Waals surface area contributed by atoms with E-state index in [1.807, 2.05) is 10.8 Å². The Morgan fingerprint density at radius 2 is 1.92 bits per heavy atom. The summed E-state index contributed by atoms with van der Waals surface area (Å²) < 4.78 is 29.3. The molecule has 2 aromatic rings. The number of aromatic nitrogens is 2. The molecule has 0 amide bonds. The van der Waals surface area contributed by atoms with Crippen molar-refractivity contribution in [2.45, 2.75) is 31.2 Å². The monoisotopic (exact) mass is 387 g/mol. The molecule has 8 heteroatoms. The maximum Gasteiger partial charge on any atom is 0.244 e. The van der Waals surface area contributed by atoms with E-state index >= 15 is 0 Å². The highest BCUT2D eigenvalue weighted by atomic mass is 35.5. The molecule has 1 aliphatic rings. The van der Waals surface area contributed by atoms with Gasteiger partial charge in [-0.15, -0.1) is 0 Å². The lowest BCUT2D eigenvalue weighted by atomic mass is 9.98. The zero-order valence-electron chi connectivity index (χ0n) is 13.3. The van der Waals surface area contributed by atoms with Crippen LogP contribution in [0.25, 0.3) is 0 Å². The molecule has 3 rings (SSSR count). The molecule has 24 heavy (non-hydrogen) atoms. The van der Waals surface area contributed by atoms with Gasteiger partial charge in [-0.3, -0.25) is 0 Å². The summed E-state index contributed by atoms with van der Waals surface area (Å²) in [6, 6.07) is 3.05. The predicted octanol–water partition coefficient (Wildman–Crippen LogP) is 3.60. The minimum Gasteiger partial charge on any atom is -0.337 e. The van der Waals surface area contributed by atoms with E-state index in [-0.39, 0.29) is 9.92 Å². The minimum absolute atomic E-state index is 0.138. The van der Waals surface area contributed by atoms with E-state index < -0.39 is 10.0 Å². The molecule has 0 bridgehead atoms. The van der Waals surface area contributed by atoms with Gasteiger partial charge >= 0.3 is 0 Å². The number of hydrogen-bond acceptors (Lipinski definition) is 3. The van der Waals surface area contributed by atoms with Gasteiger partial charge in [-0.25, -0.2) is 13.4 Å². The molecule has 0 radical (unpaired) electrons. The lowest BCUT2D eigenvalue weighted by molar-refractivity contribution is 0.253. The Morgan fingerprint density at radius 3 is 2.54 bits per heavy atom. The van der Waals surface area contributed by atoms with Gasteiger partial charge in [-0.1, -0.05) is 23.2 Å². The van der Waals surface area contributed by atoms with Gasteiger partial charge in [0.1, 0.15) is 4.90 Å². The first-order chi connectivity index (χ1) is 11.4. The van der Waals surface area contributed by atoms with Crippen LogP contribution in [0.1, 0.15) is 18.4 Å². The number of sulfonamides is 1. The molecule has 1 aromatic heterocycles. The lowest BCUT2D eigenvalue weighted by Gasteiger charge is -2.31. The summed E-state index contributed by atoms with van der Waals surface area (Å²) in [5, 5.41) is 0.643. The molecular weight excluding hydrogens is 369 g/mol. The van der Waals surface area contributed by atoms with Crippen LogP contribution >= 0.6 is 23.2 Å². The van der Waals surface area contributed by atoms with Crippen molar-refractivity contribution in [3.8, 4) is 0 Å². The van der Waals surface area contributed by atoms with Crippen LogP contribution in [0.2, 0.25) is 10.0 Å². The third kappa shape index (κ3) is 3.61. The number of nitrogens with zero attached hydrogens (tertiary/aromatic N) is 3. The van der Waals surface area contributed by atoms with Gasteiger partial charge in [-0.2, -0.15) is 4.31 Å². The van der Waals surface area contributed by atoms with Gasteiger partial charge in [0.25, 0.3) is 0 Å². The van der Waals surface area contributed by atoms with E-state index in [0.29, 0.717) is 29.6 Å². The van der Waals surface area contributed by atoms with Gasteiger partial charge in [0.05, 0.1) is 11.3 Å². The third-order valence-electron chi connectivity index (χ3n) is 4.43. The standard InChI is InChI=1S/C16H19Cl2N3O2S/c1-12-8-16(15(18)9-14(12)17)24(22,23)21-5-2-13(3-6-21)10-20-7-4-19-11-20/h4,7-9,11,13H,2-3,5-6,10H2,1H3. The molecular formula is C16H19Cl2N3O2S. The third-order valence-corrected chi connectivity index (χ3v) is 7.20. The van der Waals surface area contributed by atoms with Crippen molar-refractivity contribution in [1.29, 1.82) is 0 Å². The number of aryl methyl sites for hydroxylation is 1. The molecule has 2 heterocycles. The summed E-state index contributed by atoms with van der Waals surface area (Å²) in [5.74, 6) is 0.452. The Labute approximate surface area is 152 Å². The van der Waals surface area contributed by atoms with Gasteiger partial charge in [0.2, 0.25) is 10.0 Å². The summed E-state index contributed by atoms with van der Waals surface area (Å²) in [4.78, 5) is 4.18. The Hall–Kier alpha value is -1.08. The van der Waals surface area contributed by atoms with Crippen molar-refractivity contribution < 1.29 is 8.42 Å². The van der Waals surface area contributed by atoms with Crippen LogP contribution in [0.4, 0.5) is 0 Å². The van der Waals surface area contributed by atoms with Crippen molar-refractivity contribution >= 4 is 33.2 Å². The van der Waals surface area contributed by atoms with E-state index in [1.165, 1.54) is 10.4 Å². The highest BCUT2D eigenvalue weighted by Gasteiger charge is 2.31. The number of halogens is 2. The molecule has 130 valence electrons. The average molecular weight is 388 g/mol. The Balaban J connectivity index is 1.72. The number of hydrogen-bond donors (Lipinski definition) is 0. The highest BCUT2D eigenvalue weighted by molar-refractivity contribution is 7.89. The van der Waals surface area contributed by atoms with Crippen molar-refractivity contribution in [2.24, 2.45) is 5.92 Å². The quantitative estimate of drug-likeness (QED) is 0.804. The molecule has 1 fully saturated rings. The van der Waals surface area contributed by atoms with Crippen LogP contribution in [-0.2, 0) is 16.6 Å². The average Bonchev–Trinajstić information content (AvgIpc) is 3.04. The first kappa shape index (κ1) is 17.7. The summed E-state index contributed by atoms with van der Waals surface area (Å²) in [6.45, 7) is 3.64. The SMILES string of the molecule is Cc1cc(S(=O)(=O)N2CCC(Cn3ccnc3)CC2)c(Cl)cc1Cl. The van der Waals surface area contributed by atoms with E-state index in [1.54, 1.807) is 25.5 Å². The second kappa shape index (κ2) is 7.04. The summed E-state index contributed by atoms with van der Waals surface area (Å²) >= 11 is 12.1. The molecule has 0 N–H and O–H groups in total. The van der Waals surface area contributed by atoms with Gasteiger partial charge < -0.3 is 4.57 Å². The summed E-state index contributed by atoms with van der Waals surface area (Å²) in [6.07, 6.45) is 7.12. The van der Waals surface area contributed by atoms with Crippen LogP contribution in [0.15, 0.2) is 35.7 Å². The smallest absolute Gasteiger partial charge is 0.244 e. The fraction of sp³-hybridized carbons (Fsp3) is 0.438. The normalized spacial score (nSPS) is 17.3. The first-order valence-electron chi connectivity index (χ1n) is 7.79. The topological polar surface area (TPSA) is 55.2 Å². The fourth-order valence-corrected chi connectivity index (χ4v) is 5.27. The van der Waals surface area contributed by atoms with Crippen LogP contribution in [-0.4, -0.2) is 35.4 Å². The summed E-state index contributed by atoms with van der Waals surface area (Å²) in [5.41, 5.74) is 0.703. The second-order valence-electron chi connectivity index (χ2n) is 6.14. The van der Waals surface area contributed by atoms with E-state index in [9.17, 15) is 8.42 Å². The maximum absolute atomic E-state index is 12.9. The van der Waals surface area contributed by atoms with Crippen LogP contribution in [0.5, 0.6) is 0 Å². The molecule has 1 saturated heterocycles. The predicted molar refractivity (Wildman–Crippen MR) is 94.9 cm³/mol. The van der Waals surface area contributed by atoms with Crippen molar-refractivity contribution in [3.63, 3.8) is 0 Å². The minimum atomic E-state index is -3.59. The number of piperidine rings is 1. The van der Waals surface area contributed by atoms with Crippen LogP contribution in [0, 0.1) is 12.8 Å². The highest BCUT2D eigenvalue weighted by Crippen LogP contribution is 2.32. The molecule has 0 aliphatic carbocycles. The van der Waals surface area contributed by atoms with Crippen LogP contribution in [0.3, 0.4) is 0 Å².